The van der Waals surface area contributed by atoms with Crippen molar-refractivity contribution in [1.29, 1.82) is 0 Å². The Morgan fingerprint density at radius 2 is 1.65 bits per heavy atom. The first kappa shape index (κ1) is 17.9. The number of anilines is 3. The van der Waals surface area contributed by atoms with Gasteiger partial charge in [0.15, 0.2) is 0 Å². The number of hydrogen-bond acceptors (Lipinski definition) is 4. The third-order valence-corrected chi connectivity index (χ3v) is 4.39. The van der Waals surface area contributed by atoms with Gasteiger partial charge in [-0.25, -0.2) is 0 Å². The van der Waals surface area contributed by atoms with Crippen LogP contribution in [0, 0.1) is 0 Å². The van der Waals surface area contributed by atoms with Crippen LogP contribution in [0.3, 0.4) is 0 Å². The van der Waals surface area contributed by atoms with E-state index in [0.717, 1.165) is 18.8 Å². The van der Waals surface area contributed by atoms with Crippen LogP contribution in [0.1, 0.15) is 43.1 Å². The molecule has 2 heterocycles. The van der Waals surface area contributed by atoms with Crippen molar-refractivity contribution < 1.29 is 9.59 Å². The van der Waals surface area contributed by atoms with Gasteiger partial charge in [-0.2, -0.15) is 0 Å². The molecule has 2 N–H and O–H groups in total. The van der Waals surface area contributed by atoms with Crippen LogP contribution in [0.25, 0.3) is 0 Å². The minimum absolute atomic E-state index is 0.153. The first-order valence-electron chi connectivity index (χ1n) is 9.02. The van der Waals surface area contributed by atoms with Gasteiger partial charge in [0.05, 0.1) is 0 Å². The molecule has 6 heteroatoms. The number of rotatable bonds is 4. The molecule has 136 valence electrons. The van der Waals surface area contributed by atoms with Gasteiger partial charge in [0, 0.05) is 43.3 Å². The minimum Gasteiger partial charge on any atom is -0.371 e. The Morgan fingerprint density at radius 3 is 2.35 bits per heavy atom. The molecule has 2 aromatic rings. The summed E-state index contributed by atoms with van der Waals surface area (Å²) in [7, 11) is 0. The number of carbonyl (C=O) groups excluding carboxylic acids is 2. The van der Waals surface area contributed by atoms with Gasteiger partial charge >= 0.3 is 0 Å². The Balaban J connectivity index is 1.72. The fourth-order valence-electron chi connectivity index (χ4n) is 3.14. The van der Waals surface area contributed by atoms with Crippen molar-refractivity contribution in [3.63, 3.8) is 0 Å². The van der Waals surface area contributed by atoms with Crippen molar-refractivity contribution in [3.8, 4) is 0 Å². The Bertz CT molecular complexity index is 783. The molecule has 0 spiro atoms. The van der Waals surface area contributed by atoms with Crippen LogP contribution in [0.5, 0.6) is 0 Å². The van der Waals surface area contributed by atoms with Crippen LogP contribution < -0.4 is 15.5 Å². The maximum absolute atomic E-state index is 12.6. The number of pyridine rings is 1. The Kier molecular flexibility index (Phi) is 5.84. The number of nitrogens with one attached hydrogen (secondary N) is 2. The molecular formula is C20H24N4O2. The van der Waals surface area contributed by atoms with Crippen molar-refractivity contribution in [3.05, 3.63) is 48.3 Å². The highest BCUT2D eigenvalue weighted by Crippen LogP contribution is 2.21. The van der Waals surface area contributed by atoms with Crippen molar-refractivity contribution in [2.45, 2.75) is 32.6 Å². The molecular weight excluding hydrogens is 328 g/mol. The summed E-state index contributed by atoms with van der Waals surface area (Å²) < 4.78 is 0. The molecule has 0 atom stereocenters. The van der Waals surface area contributed by atoms with E-state index >= 15 is 0 Å². The Hall–Kier alpha value is -2.89. The van der Waals surface area contributed by atoms with E-state index in [4.69, 9.17) is 0 Å². The lowest BCUT2D eigenvalue weighted by Crippen LogP contribution is -2.24. The monoisotopic (exact) mass is 352 g/mol. The van der Waals surface area contributed by atoms with E-state index in [1.807, 2.05) is 12.1 Å². The summed E-state index contributed by atoms with van der Waals surface area (Å²) in [5.74, 6) is -0.415. The molecule has 1 saturated heterocycles. The fourth-order valence-corrected chi connectivity index (χ4v) is 3.14. The number of carbonyl (C=O) groups is 2. The largest absolute Gasteiger partial charge is 0.371 e. The van der Waals surface area contributed by atoms with E-state index in [-0.39, 0.29) is 11.8 Å². The van der Waals surface area contributed by atoms with E-state index in [9.17, 15) is 9.59 Å². The van der Waals surface area contributed by atoms with Crippen molar-refractivity contribution >= 4 is 28.9 Å². The van der Waals surface area contributed by atoms with Crippen LogP contribution in [-0.2, 0) is 4.79 Å². The summed E-state index contributed by atoms with van der Waals surface area (Å²) in [5.41, 5.74) is 2.68. The van der Waals surface area contributed by atoms with Gasteiger partial charge in [0.1, 0.15) is 5.69 Å². The van der Waals surface area contributed by atoms with E-state index in [1.54, 1.807) is 30.5 Å². The van der Waals surface area contributed by atoms with Crippen molar-refractivity contribution in [2.24, 2.45) is 0 Å². The predicted octanol–water partition coefficient (Wildman–Crippen LogP) is 3.67. The quantitative estimate of drug-likeness (QED) is 0.880. The second kappa shape index (κ2) is 8.47. The molecule has 0 bridgehead atoms. The normalized spacial score (nSPS) is 14.4. The molecule has 6 nitrogen and oxygen atoms in total. The van der Waals surface area contributed by atoms with Crippen LogP contribution in [0.2, 0.25) is 0 Å². The minimum atomic E-state index is -0.262. The zero-order valence-corrected chi connectivity index (χ0v) is 15.0. The van der Waals surface area contributed by atoms with E-state index in [2.05, 4.69) is 20.5 Å². The third-order valence-electron chi connectivity index (χ3n) is 4.39. The zero-order chi connectivity index (χ0) is 18.4. The smallest absolute Gasteiger partial charge is 0.274 e. The molecule has 1 aliphatic heterocycles. The zero-order valence-electron chi connectivity index (χ0n) is 15.0. The molecule has 0 saturated carbocycles. The average molecular weight is 352 g/mol. The van der Waals surface area contributed by atoms with Crippen LogP contribution in [0.15, 0.2) is 42.6 Å². The van der Waals surface area contributed by atoms with Gasteiger partial charge < -0.3 is 15.5 Å². The lowest BCUT2D eigenvalue weighted by Gasteiger charge is -2.22. The summed E-state index contributed by atoms with van der Waals surface area (Å²) in [4.78, 5) is 30.3. The van der Waals surface area contributed by atoms with Gasteiger partial charge in [-0.15, -0.1) is 0 Å². The number of aromatic nitrogens is 1. The summed E-state index contributed by atoms with van der Waals surface area (Å²) >= 11 is 0. The molecule has 0 unspecified atom stereocenters. The van der Waals surface area contributed by atoms with E-state index in [1.165, 1.54) is 32.6 Å². The predicted molar refractivity (Wildman–Crippen MR) is 104 cm³/mol. The van der Waals surface area contributed by atoms with E-state index < -0.39 is 0 Å². The van der Waals surface area contributed by atoms with Gasteiger partial charge in [-0.05, 0) is 43.2 Å². The molecule has 0 radical (unpaired) electrons. The molecule has 1 aromatic carbocycles. The Labute approximate surface area is 153 Å². The maximum Gasteiger partial charge on any atom is 0.274 e. The van der Waals surface area contributed by atoms with Crippen molar-refractivity contribution in [1.82, 2.24) is 4.98 Å². The number of nitrogens with zero attached hydrogens (tertiary/aromatic N) is 2. The summed E-state index contributed by atoms with van der Waals surface area (Å²) in [5, 5.41) is 5.55. The molecule has 0 aliphatic carbocycles. The molecule has 1 aliphatic rings. The van der Waals surface area contributed by atoms with Crippen LogP contribution >= 0.6 is 0 Å². The first-order chi connectivity index (χ1) is 12.6. The van der Waals surface area contributed by atoms with Gasteiger partial charge in [0.2, 0.25) is 5.91 Å². The standard InChI is InChI=1S/C20H24N4O2/c1-15(25)22-16-7-6-8-17(13-16)23-20(26)19-14-18(9-10-21-19)24-11-4-2-3-5-12-24/h6-10,13-14H,2-5,11-12H2,1H3,(H,22,25)(H,23,26). The summed E-state index contributed by atoms with van der Waals surface area (Å²) in [6.07, 6.45) is 6.57. The lowest BCUT2D eigenvalue weighted by molar-refractivity contribution is -0.114. The average Bonchev–Trinajstić information content (AvgIpc) is 2.91. The molecule has 26 heavy (non-hydrogen) atoms. The molecule has 1 fully saturated rings. The second-order valence-corrected chi connectivity index (χ2v) is 6.52. The third kappa shape index (κ3) is 4.81. The van der Waals surface area contributed by atoms with Crippen molar-refractivity contribution in [2.75, 3.05) is 28.6 Å². The lowest BCUT2D eigenvalue weighted by atomic mass is 10.2. The topological polar surface area (TPSA) is 74.3 Å². The van der Waals surface area contributed by atoms with E-state index in [0.29, 0.717) is 17.1 Å². The number of amides is 2. The van der Waals surface area contributed by atoms with Gasteiger partial charge in [-0.3, -0.25) is 14.6 Å². The SMILES string of the molecule is CC(=O)Nc1cccc(NC(=O)c2cc(N3CCCCCC3)ccn2)c1. The van der Waals surface area contributed by atoms with Gasteiger partial charge in [-0.1, -0.05) is 18.9 Å². The first-order valence-corrected chi connectivity index (χ1v) is 9.02. The summed E-state index contributed by atoms with van der Waals surface area (Å²) in [6, 6.07) is 10.9. The highest BCUT2D eigenvalue weighted by molar-refractivity contribution is 6.03. The molecule has 2 amide bonds. The second-order valence-electron chi connectivity index (χ2n) is 6.52. The molecule has 1 aromatic heterocycles. The number of hydrogen-bond donors (Lipinski definition) is 2. The van der Waals surface area contributed by atoms with Crippen LogP contribution in [-0.4, -0.2) is 29.9 Å². The Morgan fingerprint density at radius 1 is 0.962 bits per heavy atom. The maximum atomic E-state index is 12.6. The molecule has 3 rings (SSSR count). The fraction of sp³-hybridized carbons (Fsp3) is 0.350. The number of benzene rings is 1. The summed E-state index contributed by atoms with van der Waals surface area (Å²) in [6.45, 7) is 3.48. The highest BCUT2D eigenvalue weighted by Gasteiger charge is 2.14. The highest BCUT2D eigenvalue weighted by atomic mass is 16.2. The van der Waals surface area contributed by atoms with Crippen LogP contribution in [0.4, 0.5) is 17.1 Å². The van der Waals surface area contributed by atoms with Gasteiger partial charge in [0.25, 0.3) is 5.91 Å².